The number of nitrogens with zero attached hydrogens (tertiary/aromatic N) is 1. The zero-order chi connectivity index (χ0) is 23.3. The average Bonchev–Trinajstić information content (AvgIpc) is 3.29. The topological polar surface area (TPSA) is 94.2 Å². The number of ether oxygens (including phenoxy) is 3. The Bertz CT molecular complexity index is 1050. The van der Waals surface area contributed by atoms with Crippen LogP contribution in [0.2, 0.25) is 5.02 Å². The lowest BCUT2D eigenvalue weighted by molar-refractivity contribution is 0.0858. The number of hydrogen-bond acceptors (Lipinski definition) is 6. The second-order valence-corrected chi connectivity index (χ2v) is 9.81. The van der Waals surface area contributed by atoms with E-state index in [9.17, 15) is 13.2 Å². The van der Waals surface area contributed by atoms with Crippen LogP contribution in [0.15, 0.2) is 36.4 Å². The van der Waals surface area contributed by atoms with E-state index in [4.69, 9.17) is 25.8 Å². The smallest absolute Gasteiger partial charge is 0.253 e. The van der Waals surface area contributed by atoms with Gasteiger partial charge in [0, 0.05) is 24.2 Å². The van der Waals surface area contributed by atoms with Crippen LogP contribution in [0.25, 0.3) is 0 Å². The van der Waals surface area contributed by atoms with Gasteiger partial charge in [-0.2, -0.15) is 0 Å². The SMILES string of the molecule is COc1cc(C(=O)NC[C@@H]2CCCO2)c(N(Cc2ccc(Cl)cc2)S(C)(=O)=O)cc1OC. The highest BCUT2D eigenvalue weighted by Crippen LogP contribution is 2.37. The first-order valence-electron chi connectivity index (χ1n) is 10.1. The van der Waals surface area contributed by atoms with Crippen molar-refractivity contribution in [3.8, 4) is 11.5 Å². The Hall–Kier alpha value is -2.49. The van der Waals surface area contributed by atoms with Crippen molar-refractivity contribution in [1.29, 1.82) is 0 Å². The molecule has 0 bridgehead atoms. The van der Waals surface area contributed by atoms with E-state index in [1.165, 1.54) is 30.7 Å². The molecule has 10 heteroatoms. The molecule has 2 aromatic rings. The minimum Gasteiger partial charge on any atom is -0.493 e. The number of nitrogens with one attached hydrogen (secondary N) is 1. The molecule has 0 radical (unpaired) electrons. The van der Waals surface area contributed by atoms with E-state index in [1.54, 1.807) is 24.3 Å². The predicted molar refractivity (Wildman–Crippen MR) is 123 cm³/mol. The molecule has 1 amide bonds. The first-order valence-corrected chi connectivity index (χ1v) is 12.3. The molecule has 32 heavy (non-hydrogen) atoms. The fraction of sp³-hybridized carbons (Fsp3) is 0.409. The molecule has 1 saturated heterocycles. The van der Waals surface area contributed by atoms with Crippen LogP contribution in [0.1, 0.15) is 28.8 Å². The van der Waals surface area contributed by atoms with Gasteiger partial charge < -0.3 is 19.5 Å². The van der Waals surface area contributed by atoms with Crippen molar-refractivity contribution in [2.75, 3.05) is 37.9 Å². The minimum absolute atomic E-state index is 0.0114. The van der Waals surface area contributed by atoms with Crippen molar-refractivity contribution in [3.05, 3.63) is 52.5 Å². The maximum Gasteiger partial charge on any atom is 0.253 e. The first kappa shape index (κ1) is 24.2. The Labute approximate surface area is 193 Å². The summed E-state index contributed by atoms with van der Waals surface area (Å²) in [5, 5.41) is 3.39. The maximum absolute atomic E-state index is 13.1. The van der Waals surface area contributed by atoms with E-state index in [2.05, 4.69) is 5.32 Å². The van der Waals surface area contributed by atoms with Crippen LogP contribution in [-0.4, -0.2) is 54.1 Å². The molecule has 1 aliphatic heterocycles. The molecule has 1 aliphatic rings. The predicted octanol–water partition coefficient (Wildman–Crippen LogP) is 3.23. The Morgan fingerprint density at radius 3 is 2.41 bits per heavy atom. The van der Waals surface area contributed by atoms with Crippen molar-refractivity contribution < 1.29 is 27.4 Å². The van der Waals surface area contributed by atoms with E-state index in [0.29, 0.717) is 35.2 Å². The lowest BCUT2D eigenvalue weighted by Crippen LogP contribution is -2.35. The van der Waals surface area contributed by atoms with Gasteiger partial charge in [0.15, 0.2) is 11.5 Å². The molecule has 0 aliphatic carbocycles. The molecule has 1 N–H and O–H groups in total. The second-order valence-electron chi connectivity index (χ2n) is 7.47. The van der Waals surface area contributed by atoms with Gasteiger partial charge in [-0.05, 0) is 36.6 Å². The van der Waals surface area contributed by atoms with E-state index >= 15 is 0 Å². The molecule has 2 aromatic carbocycles. The van der Waals surface area contributed by atoms with Crippen LogP contribution < -0.4 is 19.1 Å². The number of amides is 1. The van der Waals surface area contributed by atoms with Crippen LogP contribution in [0.5, 0.6) is 11.5 Å². The van der Waals surface area contributed by atoms with Gasteiger partial charge in [-0.25, -0.2) is 8.42 Å². The Balaban J connectivity index is 2.02. The lowest BCUT2D eigenvalue weighted by Gasteiger charge is -2.26. The number of rotatable bonds is 9. The van der Waals surface area contributed by atoms with Gasteiger partial charge in [0.2, 0.25) is 10.0 Å². The highest BCUT2D eigenvalue weighted by Gasteiger charge is 2.27. The number of hydrogen-bond donors (Lipinski definition) is 1. The summed E-state index contributed by atoms with van der Waals surface area (Å²) in [5.74, 6) is 0.197. The highest BCUT2D eigenvalue weighted by molar-refractivity contribution is 7.92. The zero-order valence-electron chi connectivity index (χ0n) is 18.3. The highest BCUT2D eigenvalue weighted by atomic mass is 35.5. The third kappa shape index (κ3) is 5.85. The maximum atomic E-state index is 13.1. The molecule has 3 rings (SSSR count). The Morgan fingerprint density at radius 1 is 1.19 bits per heavy atom. The Morgan fingerprint density at radius 2 is 1.84 bits per heavy atom. The summed E-state index contributed by atoms with van der Waals surface area (Å²) in [6, 6.07) is 9.81. The number of carbonyl (C=O) groups excluding carboxylic acids is 1. The number of halogens is 1. The Kier molecular flexibility index (Phi) is 7.86. The lowest BCUT2D eigenvalue weighted by atomic mass is 10.1. The normalized spacial score (nSPS) is 15.9. The summed E-state index contributed by atoms with van der Waals surface area (Å²) < 4.78 is 43.0. The molecular formula is C22H27ClN2O6S. The van der Waals surface area contributed by atoms with Gasteiger partial charge in [-0.1, -0.05) is 23.7 Å². The van der Waals surface area contributed by atoms with Crippen molar-refractivity contribution >= 4 is 33.2 Å². The monoisotopic (exact) mass is 482 g/mol. The van der Waals surface area contributed by atoms with E-state index < -0.39 is 15.9 Å². The molecule has 0 unspecified atom stereocenters. The van der Waals surface area contributed by atoms with Crippen molar-refractivity contribution in [1.82, 2.24) is 5.32 Å². The molecule has 1 heterocycles. The summed E-state index contributed by atoms with van der Waals surface area (Å²) in [5.41, 5.74) is 1.05. The van der Waals surface area contributed by atoms with Gasteiger partial charge in [-0.3, -0.25) is 9.10 Å². The number of carbonyl (C=O) groups is 1. The average molecular weight is 483 g/mol. The van der Waals surface area contributed by atoms with E-state index in [0.717, 1.165) is 19.1 Å². The number of anilines is 1. The standard InChI is InChI=1S/C22H27ClN2O6S/c1-29-20-11-18(22(26)24-13-17-5-4-10-31-17)19(12-21(20)30-2)25(32(3,27)28)14-15-6-8-16(23)9-7-15/h6-9,11-12,17H,4-5,10,13-14H2,1-3H3,(H,24,26)/t17-/m0/s1. The van der Waals surface area contributed by atoms with Gasteiger partial charge in [0.1, 0.15) is 0 Å². The quantitative estimate of drug-likeness (QED) is 0.589. The van der Waals surface area contributed by atoms with Gasteiger partial charge in [0.05, 0.1) is 44.4 Å². The summed E-state index contributed by atoms with van der Waals surface area (Å²) in [6.07, 6.45) is 2.85. The molecule has 0 spiro atoms. The summed E-state index contributed by atoms with van der Waals surface area (Å²) in [4.78, 5) is 13.1. The molecule has 1 fully saturated rings. The fourth-order valence-corrected chi connectivity index (χ4v) is 4.52. The first-order chi connectivity index (χ1) is 15.2. The van der Waals surface area contributed by atoms with Crippen LogP contribution >= 0.6 is 11.6 Å². The summed E-state index contributed by atoms with van der Waals surface area (Å²) >= 11 is 5.96. The number of sulfonamides is 1. The van der Waals surface area contributed by atoms with Gasteiger partial charge in [0.25, 0.3) is 5.91 Å². The van der Waals surface area contributed by atoms with Crippen LogP contribution in [0.4, 0.5) is 5.69 Å². The molecule has 0 saturated carbocycles. The zero-order valence-corrected chi connectivity index (χ0v) is 19.8. The molecule has 174 valence electrons. The van der Waals surface area contributed by atoms with Crippen molar-refractivity contribution in [2.45, 2.75) is 25.5 Å². The summed E-state index contributed by atoms with van der Waals surface area (Å²) in [7, 11) is -0.859. The third-order valence-electron chi connectivity index (χ3n) is 5.17. The van der Waals surface area contributed by atoms with Crippen molar-refractivity contribution in [2.24, 2.45) is 0 Å². The number of methoxy groups -OCH3 is 2. The molecule has 1 atom stereocenters. The van der Waals surface area contributed by atoms with Gasteiger partial charge >= 0.3 is 0 Å². The van der Waals surface area contributed by atoms with E-state index in [1.807, 2.05) is 0 Å². The van der Waals surface area contributed by atoms with Crippen LogP contribution in [0, 0.1) is 0 Å². The van der Waals surface area contributed by atoms with Gasteiger partial charge in [-0.15, -0.1) is 0 Å². The largest absolute Gasteiger partial charge is 0.493 e. The molecule has 0 aromatic heterocycles. The van der Waals surface area contributed by atoms with Crippen molar-refractivity contribution in [3.63, 3.8) is 0 Å². The summed E-state index contributed by atoms with van der Waals surface area (Å²) in [6.45, 7) is 1.02. The second kappa shape index (κ2) is 10.4. The van der Waals surface area contributed by atoms with Crippen LogP contribution in [-0.2, 0) is 21.3 Å². The number of benzene rings is 2. The minimum atomic E-state index is -3.76. The van der Waals surface area contributed by atoms with Crippen LogP contribution in [0.3, 0.4) is 0 Å². The molecular weight excluding hydrogens is 456 g/mol. The van der Waals surface area contributed by atoms with E-state index in [-0.39, 0.29) is 23.9 Å². The molecule has 8 nitrogen and oxygen atoms in total. The third-order valence-corrected chi connectivity index (χ3v) is 6.55. The fourth-order valence-electron chi connectivity index (χ4n) is 3.50.